The van der Waals surface area contributed by atoms with E-state index in [2.05, 4.69) is 21.2 Å². The number of ether oxygens (including phenoxy) is 2. The molecule has 21 heavy (non-hydrogen) atoms. The first-order chi connectivity index (χ1) is 10.0. The normalized spacial score (nSPS) is 10.1. The van der Waals surface area contributed by atoms with E-state index >= 15 is 0 Å². The van der Waals surface area contributed by atoms with Gasteiger partial charge in [-0.15, -0.1) is 0 Å². The first-order valence-electron chi connectivity index (χ1n) is 6.34. The number of amides is 1. The Kier molecular flexibility index (Phi) is 4.85. The molecule has 2 aromatic rings. The molecule has 0 aliphatic carbocycles. The smallest absolute Gasteiger partial charge is 0.263 e. The van der Waals surface area contributed by atoms with Gasteiger partial charge < -0.3 is 14.8 Å². The number of carbonyl (C=O) groups excluding carboxylic acids is 1. The van der Waals surface area contributed by atoms with Gasteiger partial charge >= 0.3 is 0 Å². The first-order valence-corrected chi connectivity index (χ1v) is 7.14. The second-order valence-corrected chi connectivity index (χ2v) is 5.42. The zero-order chi connectivity index (χ0) is 15.4. The number of carbonyl (C=O) groups is 1. The molecular weight excluding hydrogens is 334 g/mol. The maximum Gasteiger partial charge on any atom is 0.263 e. The van der Waals surface area contributed by atoms with E-state index in [-0.39, 0.29) is 5.91 Å². The molecule has 0 aliphatic heterocycles. The van der Waals surface area contributed by atoms with Crippen LogP contribution < -0.4 is 14.8 Å². The van der Waals surface area contributed by atoms with Crippen molar-refractivity contribution in [3.05, 3.63) is 52.0 Å². The molecule has 0 bridgehead atoms. The summed E-state index contributed by atoms with van der Waals surface area (Å²) in [5.74, 6) is 0.666. The summed E-state index contributed by atoms with van der Waals surface area (Å²) in [6.45, 7) is 1.96. The lowest BCUT2D eigenvalue weighted by Gasteiger charge is -2.13. The highest BCUT2D eigenvalue weighted by Crippen LogP contribution is 2.29. The Bertz CT molecular complexity index is 628. The number of anilines is 1. The number of halogens is 1. The third-order valence-electron chi connectivity index (χ3n) is 2.95. The van der Waals surface area contributed by atoms with Gasteiger partial charge in [-0.25, -0.2) is 0 Å². The van der Waals surface area contributed by atoms with E-state index in [1.54, 1.807) is 18.2 Å². The second kappa shape index (κ2) is 6.63. The number of hydrogen-bond acceptors (Lipinski definition) is 3. The SMILES string of the molecule is COc1cccc(OC)c1C(=O)Nc1cc(C)cc(Br)c1. The number of rotatable bonds is 4. The van der Waals surface area contributed by atoms with Crippen molar-refractivity contribution < 1.29 is 14.3 Å². The van der Waals surface area contributed by atoms with Gasteiger partial charge in [-0.2, -0.15) is 0 Å². The molecule has 0 aromatic heterocycles. The summed E-state index contributed by atoms with van der Waals surface area (Å²) in [4.78, 5) is 12.5. The van der Waals surface area contributed by atoms with Gasteiger partial charge in [0.1, 0.15) is 17.1 Å². The van der Waals surface area contributed by atoms with Gasteiger partial charge in [-0.3, -0.25) is 4.79 Å². The van der Waals surface area contributed by atoms with Gasteiger partial charge in [0.25, 0.3) is 5.91 Å². The molecule has 0 heterocycles. The zero-order valence-electron chi connectivity index (χ0n) is 12.1. The highest BCUT2D eigenvalue weighted by Gasteiger charge is 2.18. The van der Waals surface area contributed by atoms with Crippen LogP contribution in [-0.2, 0) is 0 Å². The molecule has 2 rings (SSSR count). The van der Waals surface area contributed by atoms with Crippen LogP contribution in [0.2, 0.25) is 0 Å². The molecule has 0 saturated carbocycles. The third kappa shape index (κ3) is 3.55. The van der Waals surface area contributed by atoms with Crippen LogP contribution >= 0.6 is 15.9 Å². The lowest BCUT2D eigenvalue weighted by Crippen LogP contribution is -2.14. The Balaban J connectivity index is 2.36. The molecule has 1 N–H and O–H groups in total. The largest absolute Gasteiger partial charge is 0.496 e. The topological polar surface area (TPSA) is 47.6 Å². The molecule has 110 valence electrons. The number of methoxy groups -OCH3 is 2. The first kappa shape index (κ1) is 15.4. The standard InChI is InChI=1S/C16H16BrNO3/c1-10-7-11(17)9-12(8-10)18-16(19)15-13(20-2)5-4-6-14(15)21-3/h4-9H,1-3H3,(H,18,19). The summed E-state index contributed by atoms with van der Waals surface area (Å²) < 4.78 is 11.4. The lowest BCUT2D eigenvalue weighted by molar-refractivity contribution is 0.102. The van der Waals surface area contributed by atoms with E-state index in [0.717, 1.165) is 10.0 Å². The zero-order valence-corrected chi connectivity index (χ0v) is 13.7. The highest BCUT2D eigenvalue weighted by atomic mass is 79.9. The maximum atomic E-state index is 12.5. The Morgan fingerprint density at radius 1 is 1.10 bits per heavy atom. The molecule has 0 saturated heterocycles. The molecule has 0 unspecified atom stereocenters. The fraction of sp³-hybridized carbons (Fsp3) is 0.188. The van der Waals surface area contributed by atoms with Crippen LogP contribution in [0.15, 0.2) is 40.9 Å². The van der Waals surface area contributed by atoms with Crippen molar-refractivity contribution in [2.45, 2.75) is 6.92 Å². The van der Waals surface area contributed by atoms with Gasteiger partial charge in [0.2, 0.25) is 0 Å². The van der Waals surface area contributed by atoms with E-state index in [1.807, 2.05) is 25.1 Å². The molecule has 0 fully saturated rings. The van der Waals surface area contributed by atoms with E-state index in [9.17, 15) is 4.79 Å². The average molecular weight is 350 g/mol. The fourth-order valence-corrected chi connectivity index (χ4v) is 2.68. The van der Waals surface area contributed by atoms with Crippen LogP contribution in [0.25, 0.3) is 0 Å². The lowest BCUT2D eigenvalue weighted by atomic mass is 10.1. The monoisotopic (exact) mass is 349 g/mol. The Morgan fingerprint density at radius 3 is 2.24 bits per heavy atom. The average Bonchev–Trinajstić information content (AvgIpc) is 2.45. The minimum atomic E-state index is -0.276. The molecule has 5 heteroatoms. The molecule has 0 aliphatic rings. The van der Waals surface area contributed by atoms with Crippen molar-refractivity contribution in [1.82, 2.24) is 0 Å². The molecule has 4 nitrogen and oxygen atoms in total. The van der Waals surface area contributed by atoms with Crippen LogP contribution in [-0.4, -0.2) is 20.1 Å². The molecule has 0 atom stereocenters. The Hall–Kier alpha value is -2.01. The number of nitrogens with one attached hydrogen (secondary N) is 1. The number of benzene rings is 2. The highest BCUT2D eigenvalue weighted by molar-refractivity contribution is 9.10. The van der Waals surface area contributed by atoms with Crippen LogP contribution in [0, 0.1) is 6.92 Å². The van der Waals surface area contributed by atoms with E-state index in [0.29, 0.717) is 22.7 Å². The van der Waals surface area contributed by atoms with Gasteiger partial charge in [-0.1, -0.05) is 22.0 Å². The summed E-state index contributed by atoms with van der Waals surface area (Å²) in [6, 6.07) is 10.9. The summed E-state index contributed by atoms with van der Waals surface area (Å²) in [7, 11) is 3.05. The number of hydrogen-bond donors (Lipinski definition) is 1. The quantitative estimate of drug-likeness (QED) is 0.906. The summed E-state index contributed by atoms with van der Waals surface area (Å²) >= 11 is 3.41. The third-order valence-corrected chi connectivity index (χ3v) is 3.41. The maximum absolute atomic E-state index is 12.5. The van der Waals surface area contributed by atoms with Crippen LogP contribution in [0.1, 0.15) is 15.9 Å². The van der Waals surface area contributed by atoms with Crippen molar-refractivity contribution in [1.29, 1.82) is 0 Å². The summed E-state index contributed by atoms with van der Waals surface area (Å²) in [5.41, 5.74) is 2.13. The van der Waals surface area contributed by atoms with Crippen molar-refractivity contribution in [3.63, 3.8) is 0 Å². The predicted molar refractivity (Wildman–Crippen MR) is 86.4 cm³/mol. The minimum absolute atomic E-state index is 0.276. The predicted octanol–water partition coefficient (Wildman–Crippen LogP) is 4.03. The Labute approximate surface area is 132 Å². The van der Waals surface area contributed by atoms with Crippen LogP contribution in [0.5, 0.6) is 11.5 Å². The van der Waals surface area contributed by atoms with Gasteiger partial charge in [0.05, 0.1) is 14.2 Å². The molecular formula is C16H16BrNO3. The minimum Gasteiger partial charge on any atom is -0.496 e. The molecule has 0 spiro atoms. The van der Waals surface area contributed by atoms with Crippen molar-refractivity contribution >= 4 is 27.5 Å². The molecule has 0 radical (unpaired) electrons. The second-order valence-electron chi connectivity index (χ2n) is 4.51. The van der Waals surface area contributed by atoms with E-state index in [1.165, 1.54) is 14.2 Å². The summed E-state index contributed by atoms with van der Waals surface area (Å²) in [6.07, 6.45) is 0. The van der Waals surface area contributed by atoms with Gasteiger partial charge in [0.15, 0.2) is 0 Å². The van der Waals surface area contributed by atoms with Crippen molar-refractivity contribution in [2.75, 3.05) is 19.5 Å². The van der Waals surface area contributed by atoms with Crippen molar-refractivity contribution in [3.8, 4) is 11.5 Å². The van der Waals surface area contributed by atoms with Crippen molar-refractivity contribution in [2.24, 2.45) is 0 Å². The number of aryl methyl sites for hydroxylation is 1. The van der Waals surface area contributed by atoms with Crippen LogP contribution in [0.4, 0.5) is 5.69 Å². The van der Waals surface area contributed by atoms with Gasteiger partial charge in [-0.05, 0) is 42.8 Å². The molecule has 2 aromatic carbocycles. The van der Waals surface area contributed by atoms with Gasteiger partial charge in [0, 0.05) is 10.2 Å². The van der Waals surface area contributed by atoms with E-state index < -0.39 is 0 Å². The van der Waals surface area contributed by atoms with E-state index in [4.69, 9.17) is 9.47 Å². The molecule has 1 amide bonds. The Morgan fingerprint density at radius 2 is 1.71 bits per heavy atom. The van der Waals surface area contributed by atoms with Crippen LogP contribution in [0.3, 0.4) is 0 Å². The summed E-state index contributed by atoms with van der Waals surface area (Å²) in [5, 5.41) is 2.86. The fourth-order valence-electron chi connectivity index (χ4n) is 2.08.